The maximum atomic E-state index is 5.49. The van der Waals surface area contributed by atoms with Gasteiger partial charge >= 0.3 is 0 Å². The number of hydrogen-bond donors (Lipinski definition) is 2. The fourth-order valence-corrected chi connectivity index (χ4v) is 2.39. The summed E-state index contributed by atoms with van der Waals surface area (Å²) in [5, 5.41) is 3.53. The van der Waals surface area contributed by atoms with Gasteiger partial charge in [-0.1, -0.05) is 25.7 Å². The van der Waals surface area contributed by atoms with Crippen LogP contribution in [0.15, 0.2) is 0 Å². The summed E-state index contributed by atoms with van der Waals surface area (Å²) in [6.07, 6.45) is 9.80. The third-order valence-electron chi connectivity index (χ3n) is 3.36. The molecular formula is C12H26N2. The minimum atomic E-state index is 0.601. The van der Waals surface area contributed by atoms with E-state index in [4.69, 9.17) is 5.73 Å². The molecule has 0 aliphatic heterocycles. The number of nitrogens with two attached hydrogens (primary N) is 1. The molecule has 1 aliphatic carbocycles. The van der Waals surface area contributed by atoms with Crippen LogP contribution in [0.3, 0.4) is 0 Å². The van der Waals surface area contributed by atoms with E-state index < -0.39 is 0 Å². The fraction of sp³-hybridized carbons (Fsp3) is 1.00. The third kappa shape index (κ3) is 4.97. The predicted molar refractivity (Wildman–Crippen MR) is 62.3 cm³/mol. The molecule has 0 spiro atoms. The molecule has 1 rings (SSSR count). The van der Waals surface area contributed by atoms with Crippen LogP contribution in [0.5, 0.6) is 0 Å². The molecule has 1 atom stereocenters. The SMILES string of the molecule is CC(CCN)NCCCC1CCCC1. The second-order valence-corrected chi connectivity index (χ2v) is 4.73. The van der Waals surface area contributed by atoms with E-state index in [9.17, 15) is 0 Å². The zero-order valence-electron chi connectivity index (χ0n) is 9.60. The normalized spacial score (nSPS) is 20.1. The Hall–Kier alpha value is -0.0800. The minimum absolute atomic E-state index is 0.601. The monoisotopic (exact) mass is 198 g/mol. The molecule has 0 aromatic rings. The first kappa shape index (κ1) is 12.0. The largest absolute Gasteiger partial charge is 0.330 e. The first-order chi connectivity index (χ1) is 6.83. The molecule has 0 aromatic heterocycles. The number of hydrogen-bond acceptors (Lipinski definition) is 2. The van der Waals surface area contributed by atoms with Crippen molar-refractivity contribution in [2.45, 2.75) is 57.9 Å². The molecule has 0 bridgehead atoms. The summed E-state index contributed by atoms with van der Waals surface area (Å²) < 4.78 is 0. The van der Waals surface area contributed by atoms with Gasteiger partial charge in [-0.05, 0) is 45.2 Å². The smallest absolute Gasteiger partial charge is 0.00507 e. The number of nitrogens with one attached hydrogen (secondary N) is 1. The lowest BCUT2D eigenvalue weighted by Gasteiger charge is -2.13. The summed E-state index contributed by atoms with van der Waals surface area (Å²) >= 11 is 0. The standard InChI is InChI=1S/C12H26N2/c1-11(8-9-13)14-10-4-7-12-5-2-3-6-12/h11-12,14H,2-10,13H2,1H3. The Morgan fingerprint density at radius 3 is 2.71 bits per heavy atom. The van der Waals surface area contributed by atoms with Crippen LogP contribution in [0.1, 0.15) is 51.9 Å². The van der Waals surface area contributed by atoms with Crippen LogP contribution >= 0.6 is 0 Å². The van der Waals surface area contributed by atoms with Crippen molar-refractivity contribution in [2.75, 3.05) is 13.1 Å². The molecule has 2 heteroatoms. The van der Waals surface area contributed by atoms with E-state index in [1.807, 2.05) is 0 Å². The highest BCUT2D eigenvalue weighted by atomic mass is 14.9. The van der Waals surface area contributed by atoms with Crippen LogP contribution in [-0.4, -0.2) is 19.1 Å². The minimum Gasteiger partial charge on any atom is -0.330 e. The van der Waals surface area contributed by atoms with Crippen molar-refractivity contribution < 1.29 is 0 Å². The van der Waals surface area contributed by atoms with E-state index in [1.54, 1.807) is 0 Å². The first-order valence-electron chi connectivity index (χ1n) is 6.26. The molecule has 1 fully saturated rings. The Morgan fingerprint density at radius 1 is 1.36 bits per heavy atom. The Bertz CT molecular complexity index is 130. The fourth-order valence-electron chi connectivity index (χ4n) is 2.39. The van der Waals surface area contributed by atoms with Crippen LogP contribution in [0.4, 0.5) is 0 Å². The second kappa shape index (κ2) is 7.24. The zero-order chi connectivity index (χ0) is 10.2. The van der Waals surface area contributed by atoms with Gasteiger partial charge in [-0.15, -0.1) is 0 Å². The average molecular weight is 198 g/mol. The van der Waals surface area contributed by atoms with Crippen molar-refractivity contribution in [2.24, 2.45) is 11.7 Å². The zero-order valence-corrected chi connectivity index (χ0v) is 9.60. The molecule has 0 aromatic carbocycles. The molecule has 0 radical (unpaired) electrons. The summed E-state index contributed by atoms with van der Waals surface area (Å²) in [6, 6.07) is 0.601. The van der Waals surface area contributed by atoms with Gasteiger partial charge in [-0.25, -0.2) is 0 Å². The van der Waals surface area contributed by atoms with Gasteiger partial charge in [0.1, 0.15) is 0 Å². The van der Waals surface area contributed by atoms with Crippen LogP contribution in [0, 0.1) is 5.92 Å². The molecule has 2 nitrogen and oxygen atoms in total. The second-order valence-electron chi connectivity index (χ2n) is 4.73. The van der Waals surface area contributed by atoms with Crippen LogP contribution in [-0.2, 0) is 0 Å². The Labute approximate surface area is 88.6 Å². The van der Waals surface area contributed by atoms with Crippen molar-refractivity contribution in [1.29, 1.82) is 0 Å². The highest BCUT2D eigenvalue weighted by Crippen LogP contribution is 2.28. The molecule has 14 heavy (non-hydrogen) atoms. The lowest BCUT2D eigenvalue weighted by atomic mass is 10.0. The van der Waals surface area contributed by atoms with Crippen LogP contribution in [0.25, 0.3) is 0 Å². The maximum Gasteiger partial charge on any atom is 0.00507 e. The van der Waals surface area contributed by atoms with E-state index in [2.05, 4.69) is 12.2 Å². The highest BCUT2D eigenvalue weighted by molar-refractivity contribution is 4.68. The Morgan fingerprint density at radius 2 is 2.07 bits per heavy atom. The molecule has 1 saturated carbocycles. The van der Waals surface area contributed by atoms with Crippen molar-refractivity contribution in [3.63, 3.8) is 0 Å². The molecule has 3 N–H and O–H groups in total. The highest BCUT2D eigenvalue weighted by Gasteiger charge is 2.13. The van der Waals surface area contributed by atoms with Crippen molar-refractivity contribution >= 4 is 0 Å². The van der Waals surface area contributed by atoms with Crippen molar-refractivity contribution in [3.05, 3.63) is 0 Å². The summed E-state index contributed by atoms with van der Waals surface area (Å²) in [6.45, 7) is 4.21. The number of rotatable bonds is 7. The summed E-state index contributed by atoms with van der Waals surface area (Å²) in [7, 11) is 0. The first-order valence-corrected chi connectivity index (χ1v) is 6.26. The molecule has 1 aliphatic rings. The van der Waals surface area contributed by atoms with Gasteiger partial charge in [0.05, 0.1) is 0 Å². The average Bonchev–Trinajstić information content (AvgIpc) is 2.65. The van der Waals surface area contributed by atoms with Gasteiger partial charge in [0.15, 0.2) is 0 Å². The molecule has 1 unspecified atom stereocenters. The van der Waals surface area contributed by atoms with E-state index in [1.165, 1.54) is 45.1 Å². The van der Waals surface area contributed by atoms with Gasteiger partial charge < -0.3 is 11.1 Å². The van der Waals surface area contributed by atoms with E-state index >= 15 is 0 Å². The van der Waals surface area contributed by atoms with E-state index in [0.717, 1.165) is 18.9 Å². The van der Waals surface area contributed by atoms with Gasteiger partial charge in [-0.2, -0.15) is 0 Å². The van der Waals surface area contributed by atoms with Gasteiger partial charge in [0.25, 0.3) is 0 Å². The molecule has 0 amide bonds. The van der Waals surface area contributed by atoms with Crippen molar-refractivity contribution in [3.8, 4) is 0 Å². The van der Waals surface area contributed by atoms with Crippen molar-refractivity contribution in [1.82, 2.24) is 5.32 Å². The predicted octanol–water partition coefficient (Wildman–Crippen LogP) is 2.28. The topological polar surface area (TPSA) is 38.0 Å². The Balaban J connectivity index is 1.88. The maximum absolute atomic E-state index is 5.49. The summed E-state index contributed by atoms with van der Waals surface area (Å²) in [5.41, 5.74) is 5.49. The van der Waals surface area contributed by atoms with E-state index in [0.29, 0.717) is 6.04 Å². The third-order valence-corrected chi connectivity index (χ3v) is 3.36. The lowest BCUT2D eigenvalue weighted by Crippen LogP contribution is -2.29. The molecule has 84 valence electrons. The quantitative estimate of drug-likeness (QED) is 0.616. The molecule has 0 heterocycles. The molecular weight excluding hydrogens is 172 g/mol. The van der Waals surface area contributed by atoms with Gasteiger partial charge in [0.2, 0.25) is 0 Å². The summed E-state index contributed by atoms with van der Waals surface area (Å²) in [4.78, 5) is 0. The van der Waals surface area contributed by atoms with Gasteiger partial charge in [-0.3, -0.25) is 0 Å². The Kier molecular flexibility index (Phi) is 6.20. The molecule has 0 saturated heterocycles. The van der Waals surface area contributed by atoms with E-state index in [-0.39, 0.29) is 0 Å². The summed E-state index contributed by atoms with van der Waals surface area (Å²) in [5.74, 6) is 1.04. The lowest BCUT2D eigenvalue weighted by molar-refractivity contribution is 0.446. The van der Waals surface area contributed by atoms with Crippen LogP contribution < -0.4 is 11.1 Å². The van der Waals surface area contributed by atoms with Crippen LogP contribution in [0.2, 0.25) is 0 Å². The van der Waals surface area contributed by atoms with Gasteiger partial charge in [0, 0.05) is 6.04 Å².